The monoisotopic (exact) mass is 487 g/mol. The third kappa shape index (κ3) is 4.39. The van der Waals surface area contributed by atoms with E-state index in [9.17, 15) is 13.6 Å². The highest BCUT2D eigenvalue weighted by Crippen LogP contribution is 2.33. The summed E-state index contributed by atoms with van der Waals surface area (Å²) in [4.78, 5) is 15.3. The zero-order valence-electron chi connectivity index (χ0n) is 19.9. The number of H-pyrrole nitrogens is 1. The van der Waals surface area contributed by atoms with Crippen molar-refractivity contribution in [2.45, 2.75) is 32.2 Å². The Morgan fingerprint density at radius 1 is 1.11 bits per heavy atom. The standard InChI is InChI=1S/C29H27F2N3O2/c30-24-4-1-5-25(31)23(24)17-34-11-2-3-18(16-34)13-27(35)19-6-8-26-22(15-19)29(33-32-26)21-7-9-28-20(14-21)10-12-36-28/h1,4-9,14-15,18H,2-3,10-13,16-17H2,(H,32,33)/t18-/m0/s1. The quantitative estimate of drug-likeness (QED) is 0.343. The summed E-state index contributed by atoms with van der Waals surface area (Å²) < 4.78 is 33.9. The predicted molar refractivity (Wildman–Crippen MR) is 134 cm³/mol. The molecule has 1 N–H and O–H groups in total. The first kappa shape index (κ1) is 22.9. The molecule has 0 radical (unpaired) electrons. The average molecular weight is 488 g/mol. The highest BCUT2D eigenvalue weighted by molar-refractivity contribution is 6.02. The first-order valence-electron chi connectivity index (χ1n) is 12.5. The van der Waals surface area contributed by atoms with Gasteiger partial charge in [-0.05, 0) is 79.4 Å². The number of carbonyl (C=O) groups is 1. The molecule has 1 atom stereocenters. The van der Waals surface area contributed by atoms with E-state index in [4.69, 9.17) is 4.74 Å². The van der Waals surface area contributed by atoms with Crippen LogP contribution in [0.1, 0.15) is 40.7 Å². The summed E-state index contributed by atoms with van der Waals surface area (Å²) in [6.45, 7) is 2.34. The van der Waals surface area contributed by atoms with Crippen molar-refractivity contribution in [3.8, 4) is 17.0 Å². The smallest absolute Gasteiger partial charge is 0.163 e. The van der Waals surface area contributed by atoms with E-state index in [1.807, 2.05) is 30.3 Å². The van der Waals surface area contributed by atoms with Gasteiger partial charge in [-0.1, -0.05) is 6.07 Å². The van der Waals surface area contributed by atoms with Gasteiger partial charge in [0.25, 0.3) is 0 Å². The van der Waals surface area contributed by atoms with Crippen LogP contribution in [0, 0.1) is 17.6 Å². The minimum absolute atomic E-state index is 0.0790. The van der Waals surface area contributed by atoms with Crippen LogP contribution in [-0.4, -0.2) is 40.6 Å². The summed E-state index contributed by atoms with van der Waals surface area (Å²) in [6.07, 6.45) is 3.13. The normalized spacial score (nSPS) is 17.8. The molecule has 0 saturated carbocycles. The summed E-state index contributed by atoms with van der Waals surface area (Å²) in [5.41, 5.74) is 4.64. The van der Waals surface area contributed by atoms with Crippen molar-refractivity contribution in [3.05, 3.63) is 82.9 Å². The van der Waals surface area contributed by atoms with Gasteiger partial charge in [-0.2, -0.15) is 5.10 Å². The number of carbonyl (C=O) groups excluding carboxylic acids is 1. The first-order valence-corrected chi connectivity index (χ1v) is 12.5. The summed E-state index contributed by atoms with van der Waals surface area (Å²) >= 11 is 0. The molecular weight excluding hydrogens is 460 g/mol. The second-order valence-electron chi connectivity index (χ2n) is 9.82. The number of rotatable bonds is 6. The van der Waals surface area contributed by atoms with Crippen LogP contribution >= 0.6 is 0 Å². The van der Waals surface area contributed by atoms with E-state index in [0.29, 0.717) is 25.1 Å². The third-order valence-electron chi connectivity index (χ3n) is 7.37. The van der Waals surface area contributed by atoms with E-state index in [0.717, 1.165) is 53.7 Å². The molecule has 0 amide bonds. The number of aromatic nitrogens is 2. The van der Waals surface area contributed by atoms with Crippen LogP contribution in [0.2, 0.25) is 0 Å². The molecule has 0 bridgehead atoms. The van der Waals surface area contributed by atoms with Crippen LogP contribution < -0.4 is 4.74 Å². The zero-order valence-corrected chi connectivity index (χ0v) is 19.9. The van der Waals surface area contributed by atoms with Crippen LogP contribution in [-0.2, 0) is 13.0 Å². The second kappa shape index (κ2) is 9.47. The molecule has 36 heavy (non-hydrogen) atoms. The van der Waals surface area contributed by atoms with E-state index in [1.165, 1.54) is 23.8 Å². The number of hydrogen-bond donors (Lipinski definition) is 1. The molecule has 1 fully saturated rings. The number of Topliss-reactive ketones (excluding diaryl/α,β-unsaturated/α-hetero) is 1. The van der Waals surface area contributed by atoms with Crippen LogP contribution in [0.4, 0.5) is 8.78 Å². The Balaban J connectivity index is 1.18. The van der Waals surface area contributed by atoms with Gasteiger partial charge in [0, 0.05) is 48.0 Å². The highest BCUT2D eigenvalue weighted by atomic mass is 19.1. The Labute approximate surface area is 208 Å². The number of benzene rings is 3. The van der Waals surface area contributed by atoms with Gasteiger partial charge >= 0.3 is 0 Å². The van der Waals surface area contributed by atoms with Crippen LogP contribution in [0.5, 0.6) is 5.75 Å². The minimum Gasteiger partial charge on any atom is -0.493 e. The van der Waals surface area contributed by atoms with Crippen LogP contribution in [0.25, 0.3) is 22.2 Å². The number of aromatic amines is 1. The first-order chi connectivity index (χ1) is 17.5. The summed E-state index contributed by atoms with van der Waals surface area (Å²) in [5.74, 6) is 0.114. The number of ether oxygens (including phenoxy) is 1. The summed E-state index contributed by atoms with van der Waals surface area (Å²) in [6, 6.07) is 15.7. The van der Waals surface area contributed by atoms with Crippen molar-refractivity contribution in [3.63, 3.8) is 0 Å². The third-order valence-corrected chi connectivity index (χ3v) is 7.37. The molecule has 0 spiro atoms. The molecular formula is C29H27F2N3O2. The van der Waals surface area contributed by atoms with Gasteiger partial charge in [-0.15, -0.1) is 0 Å². The summed E-state index contributed by atoms with van der Waals surface area (Å²) in [5, 5.41) is 8.52. The van der Waals surface area contributed by atoms with Crippen molar-refractivity contribution in [1.29, 1.82) is 0 Å². The second-order valence-corrected chi connectivity index (χ2v) is 9.82. The molecule has 5 nitrogen and oxygen atoms in total. The number of likely N-dealkylation sites (tertiary alicyclic amines) is 1. The van der Waals surface area contributed by atoms with E-state index in [2.05, 4.69) is 21.2 Å². The SMILES string of the molecule is O=C(C[C@@H]1CCCN(Cc2c(F)cccc2F)C1)c1ccc2[nH]nc(-c3ccc4c(c3)CCO4)c2c1. The molecule has 0 unspecified atom stereocenters. The number of nitrogens with zero attached hydrogens (tertiary/aromatic N) is 2. The van der Waals surface area contributed by atoms with E-state index in [-0.39, 0.29) is 23.8 Å². The fourth-order valence-corrected chi connectivity index (χ4v) is 5.49. The van der Waals surface area contributed by atoms with Gasteiger partial charge in [-0.3, -0.25) is 14.8 Å². The van der Waals surface area contributed by atoms with Gasteiger partial charge in [-0.25, -0.2) is 8.78 Å². The zero-order chi connectivity index (χ0) is 24.6. The molecule has 6 rings (SSSR count). The lowest BCUT2D eigenvalue weighted by molar-refractivity contribution is 0.0911. The molecule has 3 heterocycles. The van der Waals surface area contributed by atoms with Gasteiger partial charge in [0.05, 0.1) is 17.8 Å². The Kier molecular flexibility index (Phi) is 6.01. The molecule has 1 saturated heterocycles. The van der Waals surface area contributed by atoms with Crippen molar-refractivity contribution in [2.24, 2.45) is 5.92 Å². The van der Waals surface area contributed by atoms with Crippen molar-refractivity contribution in [1.82, 2.24) is 15.1 Å². The van der Waals surface area contributed by atoms with Gasteiger partial charge in [0.15, 0.2) is 5.78 Å². The fourth-order valence-electron chi connectivity index (χ4n) is 5.49. The van der Waals surface area contributed by atoms with Crippen molar-refractivity contribution >= 4 is 16.7 Å². The topological polar surface area (TPSA) is 58.2 Å². The molecule has 4 aromatic rings. The Morgan fingerprint density at radius 2 is 1.97 bits per heavy atom. The van der Waals surface area contributed by atoms with Gasteiger partial charge in [0.1, 0.15) is 17.4 Å². The van der Waals surface area contributed by atoms with Crippen LogP contribution in [0.3, 0.4) is 0 Å². The van der Waals surface area contributed by atoms with Gasteiger partial charge in [0.2, 0.25) is 0 Å². The minimum atomic E-state index is -0.520. The number of halogens is 2. The Morgan fingerprint density at radius 3 is 2.83 bits per heavy atom. The predicted octanol–water partition coefficient (Wildman–Crippen LogP) is 5.93. The lowest BCUT2D eigenvalue weighted by Gasteiger charge is -2.32. The van der Waals surface area contributed by atoms with Crippen molar-refractivity contribution in [2.75, 3.05) is 19.7 Å². The van der Waals surface area contributed by atoms with E-state index in [1.54, 1.807) is 0 Å². The highest BCUT2D eigenvalue weighted by Gasteiger charge is 2.25. The van der Waals surface area contributed by atoms with Crippen LogP contribution in [0.15, 0.2) is 54.6 Å². The number of hydrogen-bond acceptors (Lipinski definition) is 4. The molecule has 1 aromatic heterocycles. The average Bonchev–Trinajstić information content (AvgIpc) is 3.52. The van der Waals surface area contributed by atoms with E-state index < -0.39 is 11.6 Å². The molecule has 184 valence electrons. The molecule has 2 aliphatic heterocycles. The Bertz CT molecular complexity index is 1430. The molecule has 3 aromatic carbocycles. The fraction of sp³-hybridized carbons (Fsp3) is 0.310. The maximum Gasteiger partial charge on any atom is 0.163 e. The number of fused-ring (bicyclic) bond motifs is 2. The lowest BCUT2D eigenvalue weighted by atomic mass is 9.90. The molecule has 2 aliphatic rings. The maximum absolute atomic E-state index is 14.1. The summed E-state index contributed by atoms with van der Waals surface area (Å²) in [7, 11) is 0. The number of piperidine rings is 1. The van der Waals surface area contributed by atoms with Crippen molar-refractivity contribution < 1.29 is 18.3 Å². The van der Waals surface area contributed by atoms with E-state index >= 15 is 0 Å². The molecule has 7 heteroatoms. The Hall–Kier alpha value is -3.58. The number of ketones is 1. The number of nitrogens with one attached hydrogen (secondary N) is 1. The lowest BCUT2D eigenvalue weighted by Crippen LogP contribution is -2.36. The largest absolute Gasteiger partial charge is 0.493 e. The molecule has 0 aliphatic carbocycles. The maximum atomic E-state index is 14.1. The van der Waals surface area contributed by atoms with Gasteiger partial charge < -0.3 is 4.74 Å².